The van der Waals surface area contributed by atoms with Gasteiger partial charge in [0.05, 0.1) is 0 Å². The van der Waals surface area contributed by atoms with E-state index in [4.69, 9.17) is 5.11 Å². The van der Waals surface area contributed by atoms with E-state index in [2.05, 4.69) is 10.6 Å². The van der Waals surface area contributed by atoms with E-state index >= 15 is 0 Å². The summed E-state index contributed by atoms with van der Waals surface area (Å²) in [6.45, 7) is 2.85. The van der Waals surface area contributed by atoms with Gasteiger partial charge >= 0.3 is 12.1 Å². The Morgan fingerprint density at radius 2 is 2.05 bits per heavy atom. The fraction of sp³-hybridized carbons (Fsp3) is 0.833. The molecule has 1 aliphatic rings. The van der Waals surface area contributed by atoms with Crippen LogP contribution in [0, 0.1) is 11.3 Å². The number of carboxylic acids is 1. The van der Waals surface area contributed by atoms with Crippen molar-refractivity contribution in [1.29, 1.82) is 0 Å². The number of hydrogen-bond donors (Lipinski definition) is 3. The number of carbonyl (C=O) groups is 2. The minimum absolute atomic E-state index is 0.0774. The summed E-state index contributed by atoms with van der Waals surface area (Å²) in [5.41, 5.74) is -2.53. The smallest absolute Gasteiger partial charge is 0.404 e. The van der Waals surface area contributed by atoms with Crippen LogP contribution in [0.1, 0.15) is 26.7 Å². The van der Waals surface area contributed by atoms with Gasteiger partial charge in [0, 0.05) is 6.54 Å². The number of halogens is 3. The number of rotatable bonds is 5. The van der Waals surface area contributed by atoms with Gasteiger partial charge in [0.2, 0.25) is 5.91 Å². The molecule has 0 aromatic carbocycles. The van der Waals surface area contributed by atoms with Gasteiger partial charge in [-0.3, -0.25) is 4.79 Å². The van der Waals surface area contributed by atoms with Gasteiger partial charge in [-0.1, -0.05) is 20.3 Å². The third-order valence-electron chi connectivity index (χ3n) is 3.90. The second kappa shape index (κ2) is 5.99. The fourth-order valence-electron chi connectivity index (χ4n) is 2.22. The van der Waals surface area contributed by atoms with Crippen molar-refractivity contribution in [1.82, 2.24) is 10.6 Å². The maximum absolute atomic E-state index is 13.2. The molecule has 1 heterocycles. The lowest BCUT2D eigenvalue weighted by Gasteiger charge is -2.31. The van der Waals surface area contributed by atoms with Gasteiger partial charge in [-0.05, 0) is 18.9 Å². The molecule has 1 aliphatic heterocycles. The van der Waals surface area contributed by atoms with Crippen molar-refractivity contribution >= 4 is 11.9 Å². The molecule has 1 fully saturated rings. The normalized spacial score (nSPS) is 26.1. The molecule has 3 N–H and O–H groups in total. The molecule has 2 unspecified atom stereocenters. The predicted molar refractivity (Wildman–Crippen MR) is 65.0 cm³/mol. The number of aliphatic carboxylic acids is 1. The monoisotopic (exact) mass is 296 g/mol. The van der Waals surface area contributed by atoms with Crippen LogP contribution >= 0.6 is 0 Å². The topological polar surface area (TPSA) is 78.4 Å². The molecule has 0 bridgehead atoms. The van der Waals surface area contributed by atoms with Crippen LogP contribution in [0.3, 0.4) is 0 Å². The average molecular weight is 296 g/mol. The molecule has 116 valence electrons. The maximum Gasteiger partial charge on any atom is 0.404 e. The Hall–Kier alpha value is -1.31. The van der Waals surface area contributed by atoms with E-state index in [0.717, 1.165) is 0 Å². The number of nitrogens with one attached hydrogen (secondary N) is 2. The van der Waals surface area contributed by atoms with Gasteiger partial charge in [0.25, 0.3) is 0 Å². The summed E-state index contributed by atoms with van der Waals surface area (Å²) in [5.74, 6) is -3.03. The molecule has 1 rings (SSSR count). The van der Waals surface area contributed by atoms with Gasteiger partial charge in [0.1, 0.15) is 6.04 Å². The van der Waals surface area contributed by atoms with Crippen molar-refractivity contribution < 1.29 is 27.9 Å². The molecule has 0 spiro atoms. The zero-order chi connectivity index (χ0) is 15.6. The molecule has 0 aromatic rings. The quantitative estimate of drug-likeness (QED) is 0.711. The molecule has 5 nitrogen and oxygen atoms in total. The van der Waals surface area contributed by atoms with Crippen molar-refractivity contribution in [2.75, 3.05) is 13.1 Å². The van der Waals surface area contributed by atoms with E-state index in [-0.39, 0.29) is 13.0 Å². The van der Waals surface area contributed by atoms with Crippen LogP contribution in [-0.2, 0) is 9.59 Å². The second-order valence-electron chi connectivity index (χ2n) is 5.18. The first-order valence-electron chi connectivity index (χ1n) is 6.47. The Morgan fingerprint density at radius 3 is 2.40 bits per heavy atom. The first-order valence-corrected chi connectivity index (χ1v) is 6.47. The highest BCUT2D eigenvalue weighted by atomic mass is 19.4. The van der Waals surface area contributed by atoms with Crippen LogP contribution in [0.5, 0.6) is 0 Å². The SMILES string of the molecule is CCC(C)[C@H](NC(=O)C1(C(F)(F)F)CCNC1)C(=O)O. The lowest BCUT2D eigenvalue weighted by Crippen LogP contribution is -2.57. The van der Waals surface area contributed by atoms with Crippen molar-refractivity contribution in [3.8, 4) is 0 Å². The lowest BCUT2D eigenvalue weighted by atomic mass is 9.84. The molecule has 0 radical (unpaired) electrons. The average Bonchev–Trinajstić information content (AvgIpc) is 2.84. The van der Waals surface area contributed by atoms with Crippen molar-refractivity contribution in [2.45, 2.75) is 38.9 Å². The minimum atomic E-state index is -4.71. The molecular formula is C12H19F3N2O3. The summed E-state index contributed by atoms with van der Waals surface area (Å²) in [5, 5.41) is 13.6. The highest BCUT2D eigenvalue weighted by molar-refractivity contribution is 5.88. The summed E-state index contributed by atoms with van der Waals surface area (Å²) < 4.78 is 39.5. The lowest BCUT2D eigenvalue weighted by molar-refractivity contribution is -0.216. The molecule has 3 atom stereocenters. The van der Waals surface area contributed by atoms with Crippen LogP contribution in [0.25, 0.3) is 0 Å². The zero-order valence-electron chi connectivity index (χ0n) is 11.4. The fourth-order valence-corrected chi connectivity index (χ4v) is 2.22. The Balaban J connectivity index is 2.94. The summed E-state index contributed by atoms with van der Waals surface area (Å²) >= 11 is 0. The van der Waals surface area contributed by atoms with E-state index in [1.165, 1.54) is 0 Å². The maximum atomic E-state index is 13.2. The van der Waals surface area contributed by atoms with Gasteiger partial charge in [-0.15, -0.1) is 0 Å². The summed E-state index contributed by atoms with van der Waals surface area (Å²) in [4.78, 5) is 23.1. The van der Waals surface area contributed by atoms with Crippen molar-refractivity contribution in [2.24, 2.45) is 11.3 Å². The molecule has 0 aliphatic carbocycles. The molecular weight excluding hydrogens is 277 g/mol. The zero-order valence-corrected chi connectivity index (χ0v) is 11.4. The second-order valence-corrected chi connectivity index (χ2v) is 5.18. The first-order chi connectivity index (χ1) is 9.15. The van der Waals surface area contributed by atoms with Crippen LogP contribution in [0.4, 0.5) is 13.2 Å². The third-order valence-corrected chi connectivity index (χ3v) is 3.90. The number of carbonyl (C=O) groups excluding carboxylic acids is 1. The summed E-state index contributed by atoms with van der Waals surface area (Å²) in [7, 11) is 0. The number of amides is 1. The Morgan fingerprint density at radius 1 is 1.45 bits per heavy atom. The van der Waals surface area contributed by atoms with Crippen LogP contribution in [0.15, 0.2) is 0 Å². The third kappa shape index (κ3) is 3.05. The molecule has 0 saturated carbocycles. The standard InChI is InChI=1S/C12H19F3N2O3/c1-3-7(2)8(9(18)19)17-10(20)11(12(13,14)15)4-5-16-6-11/h7-8,16H,3-6H2,1-2H3,(H,17,20)(H,18,19)/t7?,8-,11?/m0/s1. The largest absolute Gasteiger partial charge is 0.480 e. The van der Waals surface area contributed by atoms with E-state index in [1.54, 1.807) is 13.8 Å². The summed E-state index contributed by atoms with van der Waals surface area (Å²) in [6, 6.07) is -1.31. The van der Waals surface area contributed by atoms with Crippen molar-refractivity contribution in [3.63, 3.8) is 0 Å². The van der Waals surface area contributed by atoms with Gasteiger partial charge in [-0.25, -0.2) is 4.79 Å². The molecule has 8 heteroatoms. The number of alkyl halides is 3. The Kier molecular flexibility index (Phi) is 5.01. The van der Waals surface area contributed by atoms with E-state index in [9.17, 15) is 22.8 Å². The van der Waals surface area contributed by atoms with E-state index in [0.29, 0.717) is 6.42 Å². The van der Waals surface area contributed by atoms with E-state index in [1.807, 2.05) is 0 Å². The van der Waals surface area contributed by atoms with Gasteiger partial charge in [-0.2, -0.15) is 13.2 Å². The Bertz CT molecular complexity index is 379. The number of hydrogen-bond acceptors (Lipinski definition) is 3. The van der Waals surface area contributed by atoms with Crippen LogP contribution in [0.2, 0.25) is 0 Å². The van der Waals surface area contributed by atoms with Crippen LogP contribution < -0.4 is 10.6 Å². The summed E-state index contributed by atoms with van der Waals surface area (Å²) in [6.07, 6.45) is -4.65. The van der Waals surface area contributed by atoms with Crippen molar-refractivity contribution in [3.05, 3.63) is 0 Å². The Labute approximate surface area is 114 Å². The molecule has 1 saturated heterocycles. The molecule has 20 heavy (non-hydrogen) atoms. The first kappa shape index (κ1) is 16.7. The predicted octanol–water partition coefficient (Wildman–Crippen LogP) is 1.14. The number of carboxylic acid groups (broad SMARTS) is 1. The molecule has 0 aromatic heterocycles. The minimum Gasteiger partial charge on any atom is -0.480 e. The highest BCUT2D eigenvalue weighted by Crippen LogP contribution is 2.43. The van der Waals surface area contributed by atoms with Gasteiger partial charge < -0.3 is 15.7 Å². The van der Waals surface area contributed by atoms with E-state index < -0.39 is 42.0 Å². The molecule has 1 amide bonds. The van der Waals surface area contributed by atoms with Gasteiger partial charge in [0.15, 0.2) is 5.41 Å². The highest BCUT2D eigenvalue weighted by Gasteiger charge is 2.61. The van der Waals surface area contributed by atoms with Crippen LogP contribution in [-0.4, -0.2) is 42.3 Å².